The van der Waals surface area contributed by atoms with Crippen LogP contribution in [0, 0.1) is 11.8 Å². The zero-order valence-electron chi connectivity index (χ0n) is 8.96. The van der Waals surface area contributed by atoms with Crippen LogP contribution in [0.4, 0.5) is 0 Å². The molecule has 0 N–H and O–H groups in total. The molecule has 3 aliphatic heterocycles. The number of imide groups is 1. The van der Waals surface area contributed by atoms with Crippen molar-refractivity contribution >= 4 is 23.6 Å². The number of likely N-dealkylation sites (tertiary alicyclic amines) is 1. The van der Waals surface area contributed by atoms with E-state index < -0.39 is 0 Å². The number of carbonyl (C=O) groups is 2. The highest BCUT2D eigenvalue weighted by Gasteiger charge is 2.59. The lowest BCUT2D eigenvalue weighted by atomic mass is 9.85. The minimum absolute atomic E-state index is 0.00333. The first-order chi connectivity index (χ1) is 7.74. The van der Waals surface area contributed by atoms with Gasteiger partial charge < -0.3 is 4.74 Å². The molecule has 0 aromatic heterocycles. The number of nitrogens with zero attached hydrogens (tertiary/aromatic N) is 1. The Labute approximate surface area is 98.0 Å². The fourth-order valence-electron chi connectivity index (χ4n) is 2.77. The van der Waals surface area contributed by atoms with Gasteiger partial charge in [-0.1, -0.05) is 12.2 Å². The standard InChI is InChI=1S/C11H13NO3S/c1-15-5-4-12-10(13)8-6-2-3-7(16-6)9(8)11(12)14/h2-3,6-9H,4-5H2,1H3. The van der Waals surface area contributed by atoms with Crippen molar-refractivity contribution < 1.29 is 14.3 Å². The van der Waals surface area contributed by atoms with Gasteiger partial charge in [-0.2, -0.15) is 0 Å². The fraction of sp³-hybridized carbons (Fsp3) is 0.636. The molecule has 2 bridgehead atoms. The zero-order chi connectivity index (χ0) is 11.3. The Morgan fingerprint density at radius 1 is 1.25 bits per heavy atom. The number of fused-ring (bicyclic) bond motifs is 5. The van der Waals surface area contributed by atoms with E-state index in [4.69, 9.17) is 4.74 Å². The van der Waals surface area contributed by atoms with Gasteiger partial charge in [0.15, 0.2) is 0 Å². The van der Waals surface area contributed by atoms with E-state index in [2.05, 4.69) is 12.2 Å². The molecule has 0 radical (unpaired) electrons. The number of rotatable bonds is 3. The molecule has 4 nitrogen and oxygen atoms in total. The molecule has 0 saturated carbocycles. The van der Waals surface area contributed by atoms with Crippen molar-refractivity contribution in [3.8, 4) is 0 Å². The van der Waals surface area contributed by atoms with E-state index in [-0.39, 0.29) is 34.2 Å². The number of hydrogen-bond acceptors (Lipinski definition) is 4. The summed E-state index contributed by atoms with van der Waals surface area (Å²) in [4.78, 5) is 25.6. The minimum atomic E-state index is -0.107. The van der Waals surface area contributed by atoms with E-state index in [1.54, 1.807) is 18.9 Å². The van der Waals surface area contributed by atoms with Gasteiger partial charge in [-0.25, -0.2) is 0 Å². The molecule has 0 aromatic carbocycles. The smallest absolute Gasteiger partial charge is 0.234 e. The van der Waals surface area contributed by atoms with Gasteiger partial charge in [-0.3, -0.25) is 14.5 Å². The van der Waals surface area contributed by atoms with Crippen LogP contribution < -0.4 is 0 Å². The van der Waals surface area contributed by atoms with E-state index >= 15 is 0 Å². The summed E-state index contributed by atoms with van der Waals surface area (Å²) < 4.78 is 4.92. The Balaban J connectivity index is 1.83. The third kappa shape index (κ3) is 1.21. The number of hydrogen-bond donors (Lipinski definition) is 0. The lowest BCUT2D eigenvalue weighted by Gasteiger charge is -2.16. The van der Waals surface area contributed by atoms with E-state index in [1.165, 1.54) is 4.90 Å². The average Bonchev–Trinajstić information content (AvgIpc) is 2.92. The van der Waals surface area contributed by atoms with Gasteiger partial charge in [-0.15, -0.1) is 11.8 Å². The van der Waals surface area contributed by atoms with Crippen LogP contribution >= 0.6 is 11.8 Å². The van der Waals surface area contributed by atoms with Crippen LogP contribution in [0.1, 0.15) is 0 Å². The van der Waals surface area contributed by atoms with Crippen molar-refractivity contribution in [2.24, 2.45) is 11.8 Å². The van der Waals surface area contributed by atoms with Crippen molar-refractivity contribution in [3.63, 3.8) is 0 Å². The third-order valence-electron chi connectivity index (χ3n) is 3.52. The normalized spacial score (nSPS) is 39.9. The maximum absolute atomic E-state index is 12.1. The van der Waals surface area contributed by atoms with E-state index in [9.17, 15) is 9.59 Å². The first-order valence-electron chi connectivity index (χ1n) is 5.42. The van der Waals surface area contributed by atoms with Gasteiger partial charge in [0.1, 0.15) is 0 Å². The van der Waals surface area contributed by atoms with Gasteiger partial charge in [0.25, 0.3) is 0 Å². The summed E-state index contributed by atoms with van der Waals surface area (Å²) in [6.07, 6.45) is 4.14. The van der Waals surface area contributed by atoms with Crippen molar-refractivity contribution in [2.45, 2.75) is 10.5 Å². The molecule has 5 heteroatoms. The van der Waals surface area contributed by atoms with Crippen LogP contribution in [0.15, 0.2) is 12.2 Å². The molecule has 0 aromatic rings. The summed E-state index contributed by atoms with van der Waals surface area (Å²) in [5, 5.41) is 0.443. The maximum atomic E-state index is 12.1. The average molecular weight is 239 g/mol. The molecule has 4 unspecified atom stereocenters. The highest BCUT2D eigenvalue weighted by molar-refractivity contribution is 8.01. The predicted molar refractivity (Wildman–Crippen MR) is 59.9 cm³/mol. The quantitative estimate of drug-likeness (QED) is 0.524. The lowest BCUT2D eigenvalue weighted by Crippen LogP contribution is -2.35. The van der Waals surface area contributed by atoms with Crippen LogP contribution in [0.25, 0.3) is 0 Å². The van der Waals surface area contributed by atoms with Crippen LogP contribution in [0.5, 0.6) is 0 Å². The predicted octanol–water partition coefficient (Wildman–Crippen LogP) is 0.288. The first kappa shape index (κ1) is 10.4. The monoisotopic (exact) mass is 239 g/mol. The molecular formula is C11H13NO3S. The summed E-state index contributed by atoms with van der Waals surface area (Å²) in [7, 11) is 1.58. The highest BCUT2D eigenvalue weighted by atomic mass is 32.2. The molecule has 0 spiro atoms. The lowest BCUT2D eigenvalue weighted by molar-refractivity contribution is -0.140. The molecular weight excluding hydrogens is 226 g/mol. The molecule has 0 aliphatic carbocycles. The second-order valence-electron chi connectivity index (χ2n) is 4.32. The number of carbonyl (C=O) groups excluding carboxylic acids is 2. The number of ether oxygens (including phenoxy) is 1. The molecule has 3 rings (SSSR count). The summed E-state index contributed by atoms with van der Waals surface area (Å²) in [5.41, 5.74) is 0. The third-order valence-corrected chi connectivity index (χ3v) is 5.05. The van der Waals surface area contributed by atoms with E-state index in [0.717, 1.165) is 0 Å². The Morgan fingerprint density at radius 2 is 1.81 bits per heavy atom. The van der Waals surface area contributed by atoms with Crippen LogP contribution in [0.2, 0.25) is 0 Å². The van der Waals surface area contributed by atoms with Crippen LogP contribution in [0.3, 0.4) is 0 Å². The second-order valence-corrected chi connectivity index (χ2v) is 5.68. The summed E-state index contributed by atoms with van der Waals surface area (Å²) in [5.74, 6) is -0.221. The molecule has 3 aliphatic rings. The SMILES string of the molecule is COCCN1C(=O)C2C3C=CC(S3)C2C1=O. The Bertz CT molecular complexity index is 351. The van der Waals surface area contributed by atoms with Crippen LogP contribution in [-0.2, 0) is 14.3 Å². The van der Waals surface area contributed by atoms with Crippen LogP contribution in [-0.4, -0.2) is 47.5 Å². The number of thioether (sulfide) groups is 1. The van der Waals surface area contributed by atoms with Gasteiger partial charge >= 0.3 is 0 Å². The largest absolute Gasteiger partial charge is 0.383 e. The molecule has 4 atom stereocenters. The van der Waals surface area contributed by atoms with Gasteiger partial charge in [-0.05, 0) is 0 Å². The van der Waals surface area contributed by atoms with E-state index in [1.807, 2.05) is 0 Å². The first-order valence-corrected chi connectivity index (χ1v) is 6.36. The van der Waals surface area contributed by atoms with Crippen molar-refractivity contribution in [2.75, 3.05) is 20.3 Å². The van der Waals surface area contributed by atoms with Crippen molar-refractivity contribution in [3.05, 3.63) is 12.2 Å². The molecule has 2 amide bonds. The van der Waals surface area contributed by atoms with E-state index in [0.29, 0.717) is 13.2 Å². The second kappa shape index (κ2) is 3.60. The molecule has 2 saturated heterocycles. The fourth-order valence-corrected chi connectivity index (χ4v) is 4.40. The molecule has 3 heterocycles. The Hall–Kier alpha value is -0.810. The number of methoxy groups -OCH3 is 1. The van der Waals surface area contributed by atoms with Gasteiger partial charge in [0.05, 0.1) is 25.0 Å². The van der Waals surface area contributed by atoms with Crippen molar-refractivity contribution in [1.82, 2.24) is 4.90 Å². The van der Waals surface area contributed by atoms with Crippen molar-refractivity contribution in [1.29, 1.82) is 0 Å². The topological polar surface area (TPSA) is 46.6 Å². The maximum Gasteiger partial charge on any atom is 0.234 e. The Kier molecular flexibility index (Phi) is 2.33. The van der Waals surface area contributed by atoms with Gasteiger partial charge in [0.2, 0.25) is 11.8 Å². The zero-order valence-corrected chi connectivity index (χ0v) is 9.78. The molecule has 16 heavy (non-hydrogen) atoms. The van der Waals surface area contributed by atoms with Gasteiger partial charge in [0, 0.05) is 17.6 Å². The summed E-state index contributed by atoms with van der Waals surface area (Å²) in [6, 6.07) is 0. The molecule has 2 fully saturated rings. The minimum Gasteiger partial charge on any atom is -0.383 e. The Morgan fingerprint density at radius 3 is 2.31 bits per heavy atom. The number of amides is 2. The molecule has 86 valence electrons. The highest BCUT2D eigenvalue weighted by Crippen LogP contribution is 2.52. The summed E-state index contributed by atoms with van der Waals surface area (Å²) in [6.45, 7) is 0.818. The summed E-state index contributed by atoms with van der Waals surface area (Å²) >= 11 is 1.75.